The van der Waals surface area contributed by atoms with E-state index in [-0.39, 0.29) is 0 Å². The Labute approximate surface area is 114 Å². The summed E-state index contributed by atoms with van der Waals surface area (Å²) in [4.78, 5) is 0. The van der Waals surface area contributed by atoms with Crippen molar-refractivity contribution in [3.63, 3.8) is 0 Å². The summed E-state index contributed by atoms with van der Waals surface area (Å²) in [5.74, 6) is 0. The molecule has 1 aliphatic rings. The van der Waals surface area contributed by atoms with E-state index < -0.39 is 0 Å². The lowest BCUT2D eigenvalue weighted by Crippen LogP contribution is -2.17. The van der Waals surface area contributed by atoms with Gasteiger partial charge in [-0.25, -0.2) is 0 Å². The smallest absolute Gasteiger partial charge is 0.0547 e. The molecule has 3 rings (SSSR count). The molecule has 1 aromatic carbocycles. The summed E-state index contributed by atoms with van der Waals surface area (Å²) in [5.41, 5.74) is 5.34. The average molecular weight is 255 g/mol. The Bertz CT molecular complexity index is 554. The summed E-state index contributed by atoms with van der Waals surface area (Å²) in [7, 11) is 2.04. The molecule has 1 aromatic heterocycles. The topological polar surface area (TPSA) is 29.9 Å². The summed E-state index contributed by atoms with van der Waals surface area (Å²) < 4.78 is 2.02. The second-order valence-corrected chi connectivity index (χ2v) is 5.31. The summed E-state index contributed by atoms with van der Waals surface area (Å²) >= 11 is 0. The lowest BCUT2D eigenvalue weighted by atomic mass is 9.93. The molecule has 19 heavy (non-hydrogen) atoms. The van der Waals surface area contributed by atoms with E-state index in [1.165, 1.54) is 35.3 Å². The first-order valence-electron chi connectivity index (χ1n) is 7.14. The number of aryl methyl sites for hydroxylation is 2. The van der Waals surface area contributed by atoms with Crippen LogP contribution in [0.25, 0.3) is 0 Å². The molecule has 0 fully saturated rings. The molecule has 100 valence electrons. The van der Waals surface area contributed by atoms with E-state index in [2.05, 4.69) is 41.6 Å². The van der Waals surface area contributed by atoms with E-state index in [1.807, 2.05) is 17.9 Å². The number of nitrogens with one attached hydrogen (secondary N) is 1. The van der Waals surface area contributed by atoms with Gasteiger partial charge in [-0.3, -0.25) is 4.68 Å². The van der Waals surface area contributed by atoms with E-state index in [4.69, 9.17) is 0 Å². The van der Waals surface area contributed by atoms with Crippen molar-refractivity contribution in [2.24, 2.45) is 7.05 Å². The van der Waals surface area contributed by atoms with Gasteiger partial charge in [0.2, 0.25) is 0 Å². The van der Waals surface area contributed by atoms with Crippen molar-refractivity contribution >= 4 is 5.69 Å². The summed E-state index contributed by atoms with van der Waals surface area (Å²) in [6, 6.07) is 9.18. The third-order valence-corrected chi connectivity index (χ3v) is 4.08. The minimum absolute atomic E-state index is 0.407. The van der Waals surface area contributed by atoms with Crippen LogP contribution in [-0.4, -0.2) is 9.78 Å². The number of fused-ring (bicyclic) bond motifs is 1. The predicted octanol–water partition coefficient (Wildman–Crippen LogP) is 3.47. The molecule has 0 saturated heterocycles. The number of nitrogens with zero attached hydrogens (tertiary/aromatic N) is 2. The first-order valence-corrected chi connectivity index (χ1v) is 7.14. The van der Waals surface area contributed by atoms with Gasteiger partial charge in [-0.2, -0.15) is 5.10 Å². The third kappa shape index (κ3) is 2.37. The molecule has 0 amide bonds. The van der Waals surface area contributed by atoms with Crippen LogP contribution < -0.4 is 5.32 Å². The zero-order chi connectivity index (χ0) is 13.2. The first-order chi connectivity index (χ1) is 9.28. The van der Waals surface area contributed by atoms with Gasteiger partial charge in [0.1, 0.15) is 0 Å². The molecule has 0 bridgehead atoms. The van der Waals surface area contributed by atoms with E-state index in [9.17, 15) is 0 Å². The van der Waals surface area contributed by atoms with E-state index in [0.717, 1.165) is 12.8 Å². The molecule has 1 N–H and O–H groups in total. The standard InChI is InChI=1S/C16H21N3/c1-3-12-7-9-13(10-8-12)18-15-5-4-6-16-14(15)11-17-19(16)2/h7-11,15,18H,3-6H2,1-2H3. The predicted molar refractivity (Wildman–Crippen MR) is 78.3 cm³/mol. The zero-order valence-electron chi connectivity index (χ0n) is 11.7. The van der Waals surface area contributed by atoms with Crippen LogP contribution in [0.15, 0.2) is 30.5 Å². The molecule has 1 atom stereocenters. The van der Waals surface area contributed by atoms with E-state index in [1.54, 1.807) is 0 Å². The van der Waals surface area contributed by atoms with Gasteiger partial charge in [-0.15, -0.1) is 0 Å². The van der Waals surface area contributed by atoms with E-state index in [0.29, 0.717) is 6.04 Å². The highest BCUT2D eigenvalue weighted by atomic mass is 15.3. The van der Waals surface area contributed by atoms with Crippen LogP contribution in [0.4, 0.5) is 5.69 Å². The molecule has 1 unspecified atom stereocenters. The van der Waals surface area contributed by atoms with E-state index >= 15 is 0 Å². The number of anilines is 1. The summed E-state index contributed by atoms with van der Waals surface area (Å²) in [5, 5.41) is 8.04. The summed E-state index contributed by atoms with van der Waals surface area (Å²) in [6.07, 6.45) is 6.69. The van der Waals surface area contributed by atoms with Crippen molar-refractivity contribution in [3.8, 4) is 0 Å². The zero-order valence-corrected chi connectivity index (χ0v) is 11.7. The molecular formula is C16H21N3. The van der Waals surface area contributed by atoms with Gasteiger partial charge in [-0.1, -0.05) is 19.1 Å². The number of hydrogen-bond acceptors (Lipinski definition) is 2. The van der Waals surface area contributed by atoms with Gasteiger partial charge in [-0.05, 0) is 43.4 Å². The quantitative estimate of drug-likeness (QED) is 0.910. The van der Waals surface area contributed by atoms with Crippen molar-refractivity contribution in [1.82, 2.24) is 9.78 Å². The number of hydrogen-bond donors (Lipinski definition) is 1. The molecule has 2 aromatic rings. The van der Waals surface area contributed by atoms with Crippen LogP contribution in [0.3, 0.4) is 0 Å². The summed E-state index contributed by atoms with van der Waals surface area (Å²) in [6.45, 7) is 2.19. The van der Waals surface area contributed by atoms with Crippen LogP contribution in [0, 0.1) is 0 Å². The van der Waals surface area contributed by atoms with Crippen LogP contribution in [0.5, 0.6) is 0 Å². The van der Waals surface area contributed by atoms with Crippen LogP contribution in [0.2, 0.25) is 0 Å². The van der Waals surface area contributed by atoms with Crippen LogP contribution >= 0.6 is 0 Å². The minimum atomic E-state index is 0.407. The Morgan fingerprint density at radius 1 is 1.32 bits per heavy atom. The SMILES string of the molecule is CCc1ccc(NC2CCCc3c2cnn3C)cc1. The van der Waals surface area contributed by atoms with Gasteiger partial charge >= 0.3 is 0 Å². The molecule has 0 aliphatic heterocycles. The Balaban J connectivity index is 1.80. The Morgan fingerprint density at radius 2 is 2.11 bits per heavy atom. The van der Waals surface area contributed by atoms with Crippen molar-refractivity contribution in [2.45, 2.75) is 38.6 Å². The van der Waals surface area contributed by atoms with Gasteiger partial charge in [0.05, 0.1) is 12.2 Å². The average Bonchev–Trinajstić information content (AvgIpc) is 2.83. The maximum absolute atomic E-state index is 4.39. The molecule has 0 spiro atoms. The van der Waals surface area contributed by atoms with Crippen LogP contribution in [-0.2, 0) is 19.9 Å². The molecular weight excluding hydrogens is 234 g/mol. The fourth-order valence-corrected chi connectivity index (χ4v) is 2.89. The van der Waals surface area contributed by atoms with Crippen molar-refractivity contribution in [1.29, 1.82) is 0 Å². The Hall–Kier alpha value is -1.77. The third-order valence-electron chi connectivity index (χ3n) is 4.08. The number of aromatic nitrogens is 2. The molecule has 0 saturated carbocycles. The second kappa shape index (κ2) is 5.08. The number of rotatable bonds is 3. The highest BCUT2D eigenvalue weighted by Crippen LogP contribution is 2.32. The second-order valence-electron chi connectivity index (χ2n) is 5.31. The Kier molecular flexibility index (Phi) is 3.28. The Morgan fingerprint density at radius 3 is 2.84 bits per heavy atom. The molecule has 0 radical (unpaired) electrons. The maximum Gasteiger partial charge on any atom is 0.0547 e. The van der Waals surface area contributed by atoms with Gasteiger partial charge in [0, 0.05) is 24.0 Å². The fraction of sp³-hybridized carbons (Fsp3) is 0.438. The lowest BCUT2D eigenvalue weighted by molar-refractivity contribution is 0.571. The van der Waals surface area contributed by atoms with Crippen molar-refractivity contribution in [2.75, 3.05) is 5.32 Å². The lowest BCUT2D eigenvalue weighted by Gasteiger charge is -2.24. The molecule has 1 aliphatic carbocycles. The number of benzene rings is 1. The normalized spacial score (nSPS) is 18.1. The van der Waals surface area contributed by atoms with Gasteiger partial charge in [0.15, 0.2) is 0 Å². The van der Waals surface area contributed by atoms with Gasteiger partial charge in [0.25, 0.3) is 0 Å². The van der Waals surface area contributed by atoms with Crippen molar-refractivity contribution in [3.05, 3.63) is 47.3 Å². The van der Waals surface area contributed by atoms with Gasteiger partial charge < -0.3 is 5.32 Å². The monoisotopic (exact) mass is 255 g/mol. The molecule has 3 nitrogen and oxygen atoms in total. The fourth-order valence-electron chi connectivity index (χ4n) is 2.89. The molecule has 1 heterocycles. The van der Waals surface area contributed by atoms with Crippen LogP contribution in [0.1, 0.15) is 42.6 Å². The molecule has 3 heteroatoms. The highest BCUT2D eigenvalue weighted by Gasteiger charge is 2.23. The first kappa shape index (κ1) is 12.3. The minimum Gasteiger partial charge on any atom is -0.378 e. The highest BCUT2D eigenvalue weighted by molar-refractivity contribution is 5.47. The largest absolute Gasteiger partial charge is 0.378 e. The maximum atomic E-state index is 4.39. The van der Waals surface area contributed by atoms with Crippen molar-refractivity contribution < 1.29 is 0 Å².